The Morgan fingerprint density at radius 2 is 1.46 bits per heavy atom. The van der Waals surface area contributed by atoms with Gasteiger partial charge in [0.25, 0.3) is 10.1 Å². The van der Waals surface area contributed by atoms with Crippen LogP contribution >= 0.6 is 0 Å². The van der Waals surface area contributed by atoms with Gasteiger partial charge in [-0.3, -0.25) is 4.55 Å². The smallest absolute Gasteiger partial charge is 0.298 e. The summed E-state index contributed by atoms with van der Waals surface area (Å²) >= 11 is 0. The molecule has 0 aliphatic carbocycles. The number of rotatable bonds is 13. The first-order valence-corrected chi connectivity index (χ1v) is 10.6. The van der Waals surface area contributed by atoms with E-state index in [1.54, 1.807) is 19.1 Å². The molecule has 24 heavy (non-hydrogen) atoms. The van der Waals surface area contributed by atoms with Gasteiger partial charge in [0, 0.05) is 0 Å². The van der Waals surface area contributed by atoms with Crippen LogP contribution < -0.4 is 4.74 Å². The minimum atomic E-state index is -4.25. The van der Waals surface area contributed by atoms with Crippen molar-refractivity contribution in [1.29, 1.82) is 0 Å². The first-order valence-electron chi connectivity index (χ1n) is 9.16. The normalized spacial score (nSPS) is 11.6. The van der Waals surface area contributed by atoms with E-state index in [4.69, 9.17) is 4.74 Å². The van der Waals surface area contributed by atoms with E-state index in [1.165, 1.54) is 57.4 Å². The molecule has 0 saturated carbocycles. The van der Waals surface area contributed by atoms with Gasteiger partial charge in [0.1, 0.15) is 10.6 Å². The van der Waals surface area contributed by atoms with E-state index in [2.05, 4.69) is 6.92 Å². The van der Waals surface area contributed by atoms with Crippen LogP contribution in [0.2, 0.25) is 0 Å². The summed E-state index contributed by atoms with van der Waals surface area (Å²) in [6.07, 6.45) is 12.4. The van der Waals surface area contributed by atoms with Crippen molar-refractivity contribution in [1.82, 2.24) is 0 Å². The fourth-order valence-electron chi connectivity index (χ4n) is 2.71. The Hall–Kier alpha value is -1.07. The summed E-state index contributed by atoms with van der Waals surface area (Å²) < 4.78 is 37.6. The fourth-order valence-corrected chi connectivity index (χ4v) is 3.42. The molecule has 4 nitrogen and oxygen atoms in total. The quantitative estimate of drug-likeness (QED) is 0.372. The zero-order valence-corrected chi connectivity index (χ0v) is 15.9. The van der Waals surface area contributed by atoms with Crippen molar-refractivity contribution in [2.24, 2.45) is 0 Å². The van der Waals surface area contributed by atoms with Gasteiger partial charge >= 0.3 is 0 Å². The van der Waals surface area contributed by atoms with Crippen LogP contribution in [-0.2, 0) is 10.1 Å². The highest BCUT2D eigenvalue weighted by Crippen LogP contribution is 2.25. The van der Waals surface area contributed by atoms with Crippen LogP contribution in [0.5, 0.6) is 5.75 Å². The Morgan fingerprint density at radius 1 is 0.917 bits per heavy atom. The van der Waals surface area contributed by atoms with E-state index in [0.29, 0.717) is 6.61 Å². The van der Waals surface area contributed by atoms with Crippen molar-refractivity contribution in [3.8, 4) is 5.75 Å². The molecular weight excluding hydrogens is 324 g/mol. The van der Waals surface area contributed by atoms with Crippen molar-refractivity contribution in [3.05, 3.63) is 23.8 Å². The molecule has 1 rings (SSSR count). The van der Waals surface area contributed by atoms with Gasteiger partial charge in [-0.1, -0.05) is 70.8 Å². The van der Waals surface area contributed by atoms with Crippen molar-refractivity contribution >= 4 is 10.1 Å². The van der Waals surface area contributed by atoms with Gasteiger partial charge in [-0.15, -0.1) is 0 Å². The number of hydrogen-bond donors (Lipinski definition) is 1. The third kappa shape index (κ3) is 8.69. The monoisotopic (exact) mass is 356 g/mol. The minimum absolute atomic E-state index is 0.144. The Morgan fingerprint density at radius 3 is 2.00 bits per heavy atom. The molecule has 0 aromatic heterocycles. The molecule has 5 heteroatoms. The molecule has 0 amide bonds. The Bertz CT molecular complexity index is 567. The zero-order valence-electron chi connectivity index (χ0n) is 15.1. The standard InChI is InChI=1S/C19H32O4S/c1-3-4-5-6-7-8-9-10-11-12-15-23-18-14-13-17(2)16-19(18)24(20,21)22/h13-14,16H,3-12,15H2,1-2H3,(H,20,21,22). The number of aryl methyl sites for hydroxylation is 1. The van der Waals surface area contributed by atoms with Crippen LogP contribution in [0.1, 0.15) is 76.7 Å². The highest BCUT2D eigenvalue weighted by atomic mass is 32.2. The summed E-state index contributed by atoms with van der Waals surface area (Å²) in [4.78, 5) is -0.144. The molecule has 0 heterocycles. The summed E-state index contributed by atoms with van der Waals surface area (Å²) in [5.41, 5.74) is 0.772. The minimum Gasteiger partial charge on any atom is -0.492 e. The maximum absolute atomic E-state index is 11.4. The highest BCUT2D eigenvalue weighted by Gasteiger charge is 2.16. The Labute approximate surface area is 147 Å². The largest absolute Gasteiger partial charge is 0.492 e. The summed E-state index contributed by atoms with van der Waals surface area (Å²) in [6, 6.07) is 4.82. The molecule has 0 aliphatic rings. The van der Waals surface area contributed by atoms with Crippen molar-refractivity contribution in [3.63, 3.8) is 0 Å². The highest BCUT2D eigenvalue weighted by molar-refractivity contribution is 7.86. The van der Waals surface area contributed by atoms with Gasteiger partial charge in [0.2, 0.25) is 0 Å². The van der Waals surface area contributed by atoms with E-state index in [0.717, 1.165) is 18.4 Å². The van der Waals surface area contributed by atoms with Gasteiger partial charge in [-0.2, -0.15) is 8.42 Å². The summed E-state index contributed by atoms with van der Waals surface area (Å²) in [7, 11) is -4.25. The van der Waals surface area contributed by atoms with E-state index in [-0.39, 0.29) is 10.6 Å². The van der Waals surface area contributed by atoms with Crippen LogP contribution in [0.4, 0.5) is 0 Å². The predicted octanol–water partition coefficient (Wildman–Crippen LogP) is 5.54. The zero-order chi connectivity index (χ0) is 17.8. The van der Waals surface area contributed by atoms with Crippen molar-refractivity contribution in [2.45, 2.75) is 83.0 Å². The first kappa shape index (κ1) is 21.0. The van der Waals surface area contributed by atoms with Crippen LogP contribution in [0.3, 0.4) is 0 Å². The van der Waals surface area contributed by atoms with E-state index < -0.39 is 10.1 Å². The fraction of sp³-hybridized carbons (Fsp3) is 0.684. The summed E-state index contributed by atoms with van der Waals surface area (Å²) in [6.45, 7) is 4.49. The van der Waals surface area contributed by atoms with Crippen molar-refractivity contribution in [2.75, 3.05) is 6.61 Å². The molecular formula is C19H32O4S. The van der Waals surface area contributed by atoms with Crippen LogP contribution in [0, 0.1) is 6.92 Å². The van der Waals surface area contributed by atoms with E-state index in [1.807, 2.05) is 0 Å². The molecule has 1 aromatic carbocycles. The lowest BCUT2D eigenvalue weighted by molar-refractivity contribution is 0.295. The van der Waals surface area contributed by atoms with E-state index in [9.17, 15) is 13.0 Å². The molecule has 0 radical (unpaired) electrons. The molecule has 0 atom stereocenters. The van der Waals surface area contributed by atoms with Gasteiger partial charge < -0.3 is 4.74 Å². The second-order valence-electron chi connectivity index (χ2n) is 6.46. The third-order valence-corrected chi connectivity index (χ3v) is 5.01. The third-order valence-electron chi connectivity index (χ3n) is 4.13. The first-order chi connectivity index (χ1) is 11.4. The molecule has 0 aliphatic heterocycles. The molecule has 138 valence electrons. The van der Waals surface area contributed by atoms with Crippen LogP contribution in [0.25, 0.3) is 0 Å². The van der Waals surface area contributed by atoms with Gasteiger partial charge in [-0.25, -0.2) is 0 Å². The lowest BCUT2D eigenvalue weighted by Crippen LogP contribution is -2.05. The molecule has 0 saturated heterocycles. The molecule has 0 unspecified atom stereocenters. The van der Waals surface area contributed by atoms with Gasteiger partial charge in [-0.05, 0) is 31.0 Å². The molecule has 1 aromatic rings. The van der Waals surface area contributed by atoms with Crippen molar-refractivity contribution < 1.29 is 17.7 Å². The SMILES string of the molecule is CCCCCCCCCCCCOc1ccc(C)cc1S(=O)(=O)O. The van der Waals surface area contributed by atoms with Crippen LogP contribution in [-0.4, -0.2) is 19.6 Å². The van der Waals surface area contributed by atoms with E-state index >= 15 is 0 Å². The topological polar surface area (TPSA) is 63.6 Å². The Kier molecular flexibility index (Phi) is 10.0. The number of hydrogen-bond acceptors (Lipinski definition) is 3. The van der Waals surface area contributed by atoms with Gasteiger partial charge in [0.05, 0.1) is 6.61 Å². The molecule has 0 fully saturated rings. The van der Waals surface area contributed by atoms with Crippen LogP contribution in [0.15, 0.2) is 23.1 Å². The second-order valence-corrected chi connectivity index (χ2v) is 7.85. The lowest BCUT2D eigenvalue weighted by Gasteiger charge is -2.10. The van der Waals surface area contributed by atoms with Gasteiger partial charge in [0.15, 0.2) is 0 Å². The maximum Gasteiger partial charge on any atom is 0.298 e. The maximum atomic E-state index is 11.4. The average molecular weight is 357 g/mol. The number of ether oxygens (including phenoxy) is 1. The lowest BCUT2D eigenvalue weighted by atomic mass is 10.1. The molecule has 0 spiro atoms. The number of benzene rings is 1. The molecule has 0 bridgehead atoms. The summed E-state index contributed by atoms with van der Waals surface area (Å²) in [5.74, 6) is 0.235. The second kappa shape index (κ2) is 11.5. The summed E-state index contributed by atoms with van der Waals surface area (Å²) in [5, 5.41) is 0. The Balaban J connectivity index is 2.18. The predicted molar refractivity (Wildman–Crippen MR) is 98.3 cm³/mol. The number of unbranched alkanes of at least 4 members (excludes halogenated alkanes) is 9. The average Bonchev–Trinajstić information content (AvgIpc) is 2.53. The molecule has 1 N–H and O–H groups in total.